The molecular formula is C16H23N3O. The number of fused-ring (bicyclic) bond motifs is 1. The summed E-state index contributed by atoms with van der Waals surface area (Å²) in [6, 6.07) is 7.97. The maximum absolute atomic E-state index is 12.5. The van der Waals surface area contributed by atoms with Gasteiger partial charge in [0, 0.05) is 13.1 Å². The minimum absolute atomic E-state index is 0.181. The Kier molecular flexibility index (Phi) is 4.77. The van der Waals surface area contributed by atoms with Crippen molar-refractivity contribution in [3.63, 3.8) is 0 Å². The van der Waals surface area contributed by atoms with Crippen LogP contribution >= 0.6 is 0 Å². The van der Waals surface area contributed by atoms with Crippen molar-refractivity contribution in [2.45, 2.75) is 40.2 Å². The van der Waals surface area contributed by atoms with Crippen molar-refractivity contribution >= 4 is 16.9 Å². The number of carbonyl (C=O) groups excluding carboxylic acids is 1. The molecule has 1 amide bonds. The molecule has 0 fully saturated rings. The molecule has 0 unspecified atom stereocenters. The van der Waals surface area contributed by atoms with E-state index in [9.17, 15) is 4.79 Å². The van der Waals surface area contributed by atoms with Crippen LogP contribution in [0.1, 0.15) is 32.5 Å². The van der Waals surface area contributed by atoms with E-state index in [1.54, 1.807) is 0 Å². The lowest BCUT2D eigenvalue weighted by molar-refractivity contribution is -0.131. The average Bonchev–Trinajstić information content (AvgIpc) is 2.75. The van der Waals surface area contributed by atoms with Crippen molar-refractivity contribution in [1.82, 2.24) is 14.5 Å². The van der Waals surface area contributed by atoms with E-state index in [0.29, 0.717) is 6.54 Å². The summed E-state index contributed by atoms with van der Waals surface area (Å²) >= 11 is 0. The van der Waals surface area contributed by atoms with Crippen molar-refractivity contribution in [3.05, 3.63) is 30.1 Å². The average molecular weight is 273 g/mol. The lowest BCUT2D eigenvalue weighted by Crippen LogP contribution is -2.35. The molecule has 4 heteroatoms. The van der Waals surface area contributed by atoms with Crippen LogP contribution < -0.4 is 0 Å². The van der Waals surface area contributed by atoms with Crippen molar-refractivity contribution in [2.75, 3.05) is 13.1 Å². The molecule has 0 aliphatic rings. The second-order valence-electron chi connectivity index (χ2n) is 5.11. The first-order chi connectivity index (χ1) is 9.67. The van der Waals surface area contributed by atoms with Gasteiger partial charge >= 0.3 is 0 Å². The molecule has 0 spiro atoms. The van der Waals surface area contributed by atoms with E-state index < -0.39 is 0 Å². The van der Waals surface area contributed by atoms with E-state index in [1.807, 2.05) is 40.7 Å². The molecule has 2 aromatic rings. The van der Waals surface area contributed by atoms with E-state index >= 15 is 0 Å². The van der Waals surface area contributed by atoms with Gasteiger partial charge in [0.15, 0.2) is 0 Å². The normalized spacial score (nSPS) is 10.9. The molecule has 0 aliphatic heterocycles. The standard InChI is InChI=1S/C16H23N3O/c1-4-10-18(11-5-2)16(20)12-19-13(3)17-14-8-6-7-9-15(14)19/h6-9H,4-5,10-12H2,1-3H3. The van der Waals surface area contributed by atoms with Crippen LogP contribution in [0, 0.1) is 6.92 Å². The quantitative estimate of drug-likeness (QED) is 0.811. The summed E-state index contributed by atoms with van der Waals surface area (Å²) in [4.78, 5) is 18.9. The number of imidazole rings is 1. The molecule has 1 aromatic carbocycles. The fourth-order valence-electron chi connectivity index (χ4n) is 2.53. The van der Waals surface area contributed by atoms with Crippen LogP contribution in [0.15, 0.2) is 24.3 Å². The van der Waals surface area contributed by atoms with Crippen LogP contribution in [0.5, 0.6) is 0 Å². The van der Waals surface area contributed by atoms with Gasteiger partial charge in [-0.15, -0.1) is 0 Å². The summed E-state index contributed by atoms with van der Waals surface area (Å²) in [5.74, 6) is 1.08. The molecule has 0 radical (unpaired) electrons. The van der Waals surface area contributed by atoms with Gasteiger partial charge in [0.1, 0.15) is 12.4 Å². The predicted octanol–water partition coefficient (Wildman–Crippen LogP) is 2.99. The maximum atomic E-state index is 12.5. The third-order valence-electron chi connectivity index (χ3n) is 3.48. The number of carbonyl (C=O) groups is 1. The molecule has 2 rings (SSSR count). The van der Waals surface area contributed by atoms with Crippen molar-refractivity contribution < 1.29 is 4.79 Å². The first-order valence-electron chi connectivity index (χ1n) is 7.37. The zero-order valence-electron chi connectivity index (χ0n) is 12.6. The SMILES string of the molecule is CCCN(CCC)C(=O)Cn1c(C)nc2ccccc21. The molecule has 4 nitrogen and oxygen atoms in total. The molecular weight excluding hydrogens is 250 g/mol. The summed E-state index contributed by atoms with van der Waals surface area (Å²) in [5, 5.41) is 0. The lowest BCUT2D eigenvalue weighted by atomic mass is 10.3. The molecule has 108 valence electrons. The first-order valence-corrected chi connectivity index (χ1v) is 7.37. The third kappa shape index (κ3) is 3.00. The molecule has 20 heavy (non-hydrogen) atoms. The highest BCUT2D eigenvalue weighted by Crippen LogP contribution is 2.15. The summed E-state index contributed by atoms with van der Waals surface area (Å²) in [5.41, 5.74) is 1.99. The van der Waals surface area contributed by atoms with E-state index in [-0.39, 0.29) is 5.91 Å². The Bertz CT molecular complexity index is 582. The number of amides is 1. The van der Waals surface area contributed by atoms with Gasteiger partial charge in [0.05, 0.1) is 11.0 Å². The van der Waals surface area contributed by atoms with E-state index in [0.717, 1.165) is 42.8 Å². The van der Waals surface area contributed by atoms with Gasteiger partial charge in [0.25, 0.3) is 0 Å². The topological polar surface area (TPSA) is 38.1 Å². The Labute approximate surface area is 120 Å². The fourth-order valence-corrected chi connectivity index (χ4v) is 2.53. The highest BCUT2D eigenvalue weighted by atomic mass is 16.2. The number of benzene rings is 1. The molecule has 0 N–H and O–H groups in total. The number of para-hydroxylation sites is 2. The highest BCUT2D eigenvalue weighted by molar-refractivity contribution is 5.81. The van der Waals surface area contributed by atoms with Crippen molar-refractivity contribution in [2.24, 2.45) is 0 Å². The van der Waals surface area contributed by atoms with Crippen LogP contribution in [0.25, 0.3) is 11.0 Å². The van der Waals surface area contributed by atoms with Crippen LogP contribution in [0.4, 0.5) is 0 Å². The Hall–Kier alpha value is -1.84. The number of hydrogen-bond acceptors (Lipinski definition) is 2. The summed E-state index contributed by atoms with van der Waals surface area (Å²) in [6.45, 7) is 8.21. The fraction of sp³-hybridized carbons (Fsp3) is 0.500. The Morgan fingerprint density at radius 2 is 1.85 bits per heavy atom. The van der Waals surface area contributed by atoms with Gasteiger partial charge < -0.3 is 9.47 Å². The summed E-state index contributed by atoms with van der Waals surface area (Å²) in [7, 11) is 0. The van der Waals surface area contributed by atoms with Crippen LogP contribution in [-0.4, -0.2) is 33.4 Å². The van der Waals surface area contributed by atoms with Crippen molar-refractivity contribution in [3.8, 4) is 0 Å². The van der Waals surface area contributed by atoms with E-state index in [1.165, 1.54) is 0 Å². The minimum Gasteiger partial charge on any atom is -0.341 e. The second-order valence-corrected chi connectivity index (χ2v) is 5.11. The van der Waals surface area contributed by atoms with E-state index in [2.05, 4.69) is 18.8 Å². The minimum atomic E-state index is 0.181. The first kappa shape index (κ1) is 14.6. The molecule has 0 saturated heterocycles. The largest absolute Gasteiger partial charge is 0.341 e. The van der Waals surface area contributed by atoms with Gasteiger partial charge in [-0.25, -0.2) is 4.98 Å². The van der Waals surface area contributed by atoms with Gasteiger partial charge in [-0.05, 0) is 31.9 Å². The highest BCUT2D eigenvalue weighted by Gasteiger charge is 2.15. The number of nitrogens with zero attached hydrogens (tertiary/aromatic N) is 3. The smallest absolute Gasteiger partial charge is 0.242 e. The molecule has 1 heterocycles. The number of rotatable bonds is 6. The number of aryl methyl sites for hydroxylation is 1. The molecule has 0 bridgehead atoms. The maximum Gasteiger partial charge on any atom is 0.242 e. The molecule has 0 saturated carbocycles. The molecule has 0 aliphatic carbocycles. The van der Waals surface area contributed by atoms with Crippen LogP contribution in [0.3, 0.4) is 0 Å². The van der Waals surface area contributed by atoms with Crippen LogP contribution in [-0.2, 0) is 11.3 Å². The summed E-state index contributed by atoms with van der Waals surface area (Å²) < 4.78 is 2.01. The molecule has 0 atom stereocenters. The van der Waals surface area contributed by atoms with Crippen LogP contribution in [0.2, 0.25) is 0 Å². The monoisotopic (exact) mass is 273 g/mol. The van der Waals surface area contributed by atoms with Gasteiger partial charge in [-0.1, -0.05) is 26.0 Å². The van der Waals surface area contributed by atoms with Gasteiger partial charge in [0.2, 0.25) is 5.91 Å². The Morgan fingerprint density at radius 3 is 2.50 bits per heavy atom. The Balaban J connectivity index is 2.22. The summed E-state index contributed by atoms with van der Waals surface area (Å²) in [6.07, 6.45) is 1.99. The number of hydrogen-bond donors (Lipinski definition) is 0. The number of aromatic nitrogens is 2. The lowest BCUT2D eigenvalue weighted by Gasteiger charge is -2.22. The Morgan fingerprint density at radius 1 is 1.20 bits per heavy atom. The zero-order valence-corrected chi connectivity index (χ0v) is 12.6. The third-order valence-corrected chi connectivity index (χ3v) is 3.48. The predicted molar refractivity (Wildman–Crippen MR) is 81.6 cm³/mol. The second kappa shape index (κ2) is 6.55. The zero-order chi connectivity index (χ0) is 14.5. The van der Waals surface area contributed by atoms with Gasteiger partial charge in [-0.2, -0.15) is 0 Å². The van der Waals surface area contributed by atoms with E-state index in [4.69, 9.17) is 0 Å². The van der Waals surface area contributed by atoms with Crippen molar-refractivity contribution in [1.29, 1.82) is 0 Å². The van der Waals surface area contributed by atoms with Gasteiger partial charge in [-0.3, -0.25) is 4.79 Å². The molecule has 1 aromatic heterocycles.